The minimum absolute atomic E-state index is 0. The summed E-state index contributed by atoms with van der Waals surface area (Å²) >= 11 is 0. The zero-order valence-electron chi connectivity index (χ0n) is 12.8. The van der Waals surface area contributed by atoms with Gasteiger partial charge in [-0.3, -0.25) is 4.79 Å². The van der Waals surface area contributed by atoms with E-state index < -0.39 is 6.10 Å². The Bertz CT molecular complexity index is 441. The number of aliphatic hydroxyl groups excluding tert-OH is 1. The fourth-order valence-corrected chi connectivity index (χ4v) is 2.02. The number of hydrogen-bond donors (Lipinski definition) is 3. The molecule has 1 rings (SSSR count). The van der Waals surface area contributed by atoms with Crippen LogP contribution in [-0.4, -0.2) is 36.8 Å². The smallest absolute Gasteiger partial charge is 0.222 e. The zero-order valence-corrected chi connectivity index (χ0v) is 13.6. The second-order valence-corrected chi connectivity index (χ2v) is 5.07. The molecule has 7 heteroatoms. The highest BCUT2D eigenvalue weighted by Gasteiger charge is 2.17. The molecule has 0 saturated heterocycles. The first-order chi connectivity index (χ1) is 9.96. The first kappa shape index (κ1) is 20.8. The Kier molecular flexibility index (Phi) is 9.93. The Morgan fingerprint density at radius 3 is 2.50 bits per heavy atom. The van der Waals surface area contributed by atoms with Gasteiger partial charge in [0, 0.05) is 19.7 Å². The Balaban J connectivity index is 0.00000441. The molecule has 1 aromatic carbocycles. The van der Waals surface area contributed by atoms with Crippen LogP contribution in [0.25, 0.3) is 0 Å². The van der Waals surface area contributed by atoms with Crippen LogP contribution in [0.3, 0.4) is 0 Å². The summed E-state index contributed by atoms with van der Waals surface area (Å²) in [5, 5.41) is 12.8. The normalized spacial score (nSPS) is 14.6. The number of rotatable bonds is 8. The van der Waals surface area contributed by atoms with Crippen molar-refractivity contribution < 1.29 is 19.0 Å². The first-order valence-electron chi connectivity index (χ1n) is 6.92. The van der Waals surface area contributed by atoms with Gasteiger partial charge in [0.05, 0.1) is 18.6 Å². The number of halogens is 2. The van der Waals surface area contributed by atoms with Crippen LogP contribution in [0.4, 0.5) is 4.39 Å². The van der Waals surface area contributed by atoms with E-state index in [0.29, 0.717) is 12.0 Å². The molecular formula is C15H24ClFN2O3. The summed E-state index contributed by atoms with van der Waals surface area (Å²) < 4.78 is 17.9. The van der Waals surface area contributed by atoms with Gasteiger partial charge >= 0.3 is 0 Å². The van der Waals surface area contributed by atoms with Crippen LogP contribution in [0.2, 0.25) is 0 Å². The van der Waals surface area contributed by atoms with Crippen LogP contribution in [0.5, 0.6) is 0 Å². The summed E-state index contributed by atoms with van der Waals surface area (Å²) in [6.07, 6.45) is -0.533. The first-order valence-corrected chi connectivity index (χ1v) is 6.92. The predicted octanol–water partition coefficient (Wildman–Crippen LogP) is 1.54. The van der Waals surface area contributed by atoms with Gasteiger partial charge in [-0.05, 0) is 31.0 Å². The molecule has 0 radical (unpaired) electrons. The Morgan fingerprint density at radius 2 is 2.00 bits per heavy atom. The quantitative estimate of drug-likeness (QED) is 0.673. The molecule has 0 fully saturated rings. The molecule has 3 unspecified atom stereocenters. The highest BCUT2D eigenvalue weighted by atomic mass is 35.5. The topological polar surface area (TPSA) is 84.6 Å². The van der Waals surface area contributed by atoms with E-state index in [-0.39, 0.29) is 49.2 Å². The van der Waals surface area contributed by atoms with Crippen molar-refractivity contribution in [3.05, 3.63) is 35.6 Å². The summed E-state index contributed by atoms with van der Waals surface area (Å²) in [6.45, 7) is 2.07. The number of aliphatic hydroxyl groups is 1. The van der Waals surface area contributed by atoms with E-state index in [1.54, 1.807) is 6.92 Å². The molecule has 0 saturated carbocycles. The zero-order chi connectivity index (χ0) is 15.8. The van der Waals surface area contributed by atoms with Crippen molar-refractivity contribution in [2.24, 2.45) is 5.73 Å². The molecule has 1 aromatic rings. The Hall–Kier alpha value is -1.21. The summed E-state index contributed by atoms with van der Waals surface area (Å²) in [6, 6.07) is 5.44. The molecule has 0 aliphatic heterocycles. The number of carbonyl (C=O) groups excluding carboxylic acids is 1. The average molecular weight is 335 g/mol. The fourth-order valence-electron chi connectivity index (χ4n) is 2.02. The Morgan fingerprint density at radius 1 is 1.41 bits per heavy atom. The van der Waals surface area contributed by atoms with Crippen LogP contribution < -0.4 is 11.1 Å². The third kappa shape index (κ3) is 7.17. The summed E-state index contributed by atoms with van der Waals surface area (Å²) in [4.78, 5) is 11.8. The third-order valence-electron chi connectivity index (χ3n) is 3.25. The van der Waals surface area contributed by atoms with Crippen molar-refractivity contribution in [1.29, 1.82) is 0 Å². The van der Waals surface area contributed by atoms with E-state index in [4.69, 9.17) is 10.5 Å². The molecule has 0 aliphatic carbocycles. The van der Waals surface area contributed by atoms with Crippen LogP contribution in [0, 0.1) is 5.82 Å². The molecule has 126 valence electrons. The molecule has 0 spiro atoms. The van der Waals surface area contributed by atoms with Crippen molar-refractivity contribution in [3.8, 4) is 0 Å². The van der Waals surface area contributed by atoms with Crippen LogP contribution in [0.15, 0.2) is 24.3 Å². The van der Waals surface area contributed by atoms with Gasteiger partial charge in [-0.25, -0.2) is 4.39 Å². The predicted molar refractivity (Wildman–Crippen MR) is 85.3 cm³/mol. The standard InChI is InChI=1S/C15H23FN2O3.ClH/c1-10(18-15(20)8-13(9-17)21-2)7-14(19)11-3-5-12(16)6-4-11;/h3-6,10,13-14,19H,7-9,17H2,1-2H3,(H,18,20);1H. The lowest BCUT2D eigenvalue weighted by Gasteiger charge is -2.19. The number of nitrogens with one attached hydrogen (secondary N) is 1. The van der Waals surface area contributed by atoms with Gasteiger partial charge in [0.2, 0.25) is 5.91 Å². The van der Waals surface area contributed by atoms with E-state index in [0.717, 1.165) is 0 Å². The summed E-state index contributed by atoms with van der Waals surface area (Å²) in [5.41, 5.74) is 6.08. The maximum atomic E-state index is 12.8. The number of amides is 1. The number of nitrogens with two attached hydrogens (primary N) is 1. The second kappa shape index (κ2) is 10.5. The lowest BCUT2D eigenvalue weighted by atomic mass is 10.0. The van der Waals surface area contributed by atoms with Gasteiger partial charge < -0.3 is 20.9 Å². The number of ether oxygens (including phenoxy) is 1. The summed E-state index contributed by atoms with van der Waals surface area (Å²) in [7, 11) is 1.51. The average Bonchev–Trinajstić information content (AvgIpc) is 2.45. The van der Waals surface area contributed by atoms with Gasteiger partial charge in [-0.2, -0.15) is 0 Å². The maximum absolute atomic E-state index is 12.8. The van der Waals surface area contributed by atoms with E-state index in [1.165, 1.54) is 31.4 Å². The molecule has 0 aliphatic rings. The van der Waals surface area contributed by atoms with Gasteiger partial charge in [0.15, 0.2) is 0 Å². The van der Waals surface area contributed by atoms with Gasteiger partial charge in [-0.1, -0.05) is 12.1 Å². The Labute approximate surface area is 136 Å². The minimum atomic E-state index is -0.756. The SMILES string of the molecule is COC(CN)CC(=O)NC(C)CC(O)c1ccc(F)cc1.Cl. The highest BCUT2D eigenvalue weighted by molar-refractivity contribution is 5.85. The molecule has 4 N–H and O–H groups in total. The van der Waals surface area contributed by atoms with Gasteiger partial charge in [0.25, 0.3) is 0 Å². The van der Waals surface area contributed by atoms with Crippen molar-refractivity contribution in [2.75, 3.05) is 13.7 Å². The van der Waals surface area contributed by atoms with Crippen molar-refractivity contribution in [2.45, 2.75) is 38.0 Å². The number of methoxy groups -OCH3 is 1. The monoisotopic (exact) mass is 334 g/mol. The lowest BCUT2D eigenvalue weighted by Crippen LogP contribution is -2.37. The number of carbonyl (C=O) groups is 1. The third-order valence-corrected chi connectivity index (χ3v) is 3.25. The molecule has 5 nitrogen and oxygen atoms in total. The van der Waals surface area contributed by atoms with E-state index >= 15 is 0 Å². The van der Waals surface area contributed by atoms with Crippen LogP contribution in [0.1, 0.15) is 31.4 Å². The lowest BCUT2D eigenvalue weighted by molar-refractivity contribution is -0.124. The summed E-state index contributed by atoms with van der Waals surface area (Å²) in [5.74, 6) is -0.522. The fraction of sp³-hybridized carbons (Fsp3) is 0.533. The second-order valence-electron chi connectivity index (χ2n) is 5.07. The molecule has 3 atom stereocenters. The molecule has 0 aromatic heterocycles. The minimum Gasteiger partial charge on any atom is -0.388 e. The molecule has 0 bridgehead atoms. The molecule has 22 heavy (non-hydrogen) atoms. The van der Waals surface area contributed by atoms with E-state index in [9.17, 15) is 14.3 Å². The van der Waals surface area contributed by atoms with Crippen molar-refractivity contribution >= 4 is 18.3 Å². The van der Waals surface area contributed by atoms with Gasteiger partial charge in [0.1, 0.15) is 5.82 Å². The van der Waals surface area contributed by atoms with Crippen LogP contribution >= 0.6 is 12.4 Å². The van der Waals surface area contributed by atoms with Crippen LogP contribution in [-0.2, 0) is 9.53 Å². The molecule has 1 amide bonds. The maximum Gasteiger partial charge on any atom is 0.222 e. The number of benzene rings is 1. The van der Waals surface area contributed by atoms with E-state index in [2.05, 4.69) is 5.32 Å². The molecular weight excluding hydrogens is 311 g/mol. The van der Waals surface area contributed by atoms with Crippen molar-refractivity contribution in [1.82, 2.24) is 5.32 Å². The highest BCUT2D eigenvalue weighted by Crippen LogP contribution is 2.18. The number of hydrogen-bond acceptors (Lipinski definition) is 4. The molecule has 0 heterocycles. The van der Waals surface area contributed by atoms with E-state index in [1.807, 2.05) is 0 Å². The van der Waals surface area contributed by atoms with Gasteiger partial charge in [-0.15, -0.1) is 12.4 Å². The largest absolute Gasteiger partial charge is 0.388 e. The van der Waals surface area contributed by atoms with Crippen molar-refractivity contribution in [3.63, 3.8) is 0 Å².